The van der Waals surface area contributed by atoms with Crippen LogP contribution in [0.5, 0.6) is 0 Å². The summed E-state index contributed by atoms with van der Waals surface area (Å²) in [7, 11) is 0. The standard InChI is InChI=1S/C14H20BrN3O2/c1-14(2,3)20-13(19)18-7-6-16-9-12(18)11-5-4-10(15)8-17-11/h4-5,8,12,16H,6-7,9H2,1-3H3. The minimum atomic E-state index is -0.486. The van der Waals surface area contributed by atoms with E-state index in [1.165, 1.54) is 0 Å². The van der Waals surface area contributed by atoms with Gasteiger partial charge in [0.25, 0.3) is 0 Å². The van der Waals surface area contributed by atoms with E-state index in [4.69, 9.17) is 4.74 Å². The number of nitrogens with one attached hydrogen (secondary N) is 1. The molecule has 0 aliphatic carbocycles. The molecule has 0 aromatic carbocycles. The molecular formula is C14H20BrN3O2. The topological polar surface area (TPSA) is 54.5 Å². The lowest BCUT2D eigenvalue weighted by Crippen LogP contribution is -2.50. The Balaban J connectivity index is 2.16. The van der Waals surface area contributed by atoms with Crippen LogP contribution >= 0.6 is 15.9 Å². The maximum absolute atomic E-state index is 12.3. The van der Waals surface area contributed by atoms with Crippen LogP contribution < -0.4 is 5.32 Å². The van der Waals surface area contributed by atoms with Crippen molar-refractivity contribution >= 4 is 22.0 Å². The second-order valence-electron chi connectivity index (χ2n) is 5.79. The zero-order valence-corrected chi connectivity index (χ0v) is 13.6. The van der Waals surface area contributed by atoms with Crippen LogP contribution in [0.25, 0.3) is 0 Å². The molecule has 1 aliphatic rings. The van der Waals surface area contributed by atoms with Gasteiger partial charge < -0.3 is 10.1 Å². The van der Waals surface area contributed by atoms with Gasteiger partial charge in [-0.25, -0.2) is 4.79 Å². The largest absolute Gasteiger partial charge is 0.444 e. The fraction of sp³-hybridized carbons (Fsp3) is 0.571. The van der Waals surface area contributed by atoms with Crippen molar-refractivity contribution < 1.29 is 9.53 Å². The van der Waals surface area contributed by atoms with Gasteiger partial charge >= 0.3 is 6.09 Å². The van der Waals surface area contributed by atoms with E-state index in [0.717, 1.165) is 16.7 Å². The summed E-state index contributed by atoms with van der Waals surface area (Å²) in [6.07, 6.45) is 1.46. The third-order valence-corrected chi connectivity index (χ3v) is 3.43. The van der Waals surface area contributed by atoms with E-state index < -0.39 is 5.60 Å². The highest BCUT2D eigenvalue weighted by molar-refractivity contribution is 9.10. The third kappa shape index (κ3) is 3.93. The van der Waals surface area contributed by atoms with Gasteiger partial charge in [0, 0.05) is 30.3 Å². The molecule has 1 aromatic heterocycles. The number of amides is 1. The van der Waals surface area contributed by atoms with Crippen molar-refractivity contribution in [3.05, 3.63) is 28.5 Å². The minimum absolute atomic E-state index is 0.0910. The van der Waals surface area contributed by atoms with Crippen molar-refractivity contribution in [2.45, 2.75) is 32.4 Å². The second kappa shape index (κ2) is 6.10. The molecule has 20 heavy (non-hydrogen) atoms. The van der Waals surface area contributed by atoms with E-state index in [-0.39, 0.29) is 12.1 Å². The normalized spacial score (nSPS) is 19.8. The van der Waals surface area contributed by atoms with Gasteiger partial charge in [0.2, 0.25) is 0 Å². The Morgan fingerprint density at radius 3 is 2.85 bits per heavy atom. The van der Waals surface area contributed by atoms with Gasteiger partial charge in [-0.3, -0.25) is 9.88 Å². The van der Waals surface area contributed by atoms with Crippen LogP contribution in [0.15, 0.2) is 22.8 Å². The van der Waals surface area contributed by atoms with E-state index in [1.807, 2.05) is 32.9 Å². The van der Waals surface area contributed by atoms with Crippen LogP contribution in [0.1, 0.15) is 32.5 Å². The van der Waals surface area contributed by atoms with Crippen molar-refractivity contribution in [3.8, 4) is 0 Å². The number of nitrogens with zero attached hydrogens (tertiary/aromatic N) is 2. The average molecular weight is 342 g/mol. The fourth-order valence-electron chi connectivity index (χ4n) is 2.09. The van der Waals surface area contributed by atoms with Gasteiger partial charge in [-0.15, -0.1) is 0 Å². The first-order chi connectivity index (χ1) is 9.37. The van der Waals surface area contributed by atoms with Gasteiger partial charge in [-0.05, 0) is 48.8 Å². The molecule has 6 heteroatoms. The van der Waals surface area contributed by atoms with Gasteiger partial charge in [0.1, 0.15) is 5.60 Å². The Morgan fingerprint density at radius 2 is 2.25 bits per heavy atom. The summed E-state index contributed by atoms with van der Waals surface area (Å²) in [6, 6.07) is 3.77. The molecule has 0 spiro atoms. The molecule has 1 amide bonds. The van der Waals surface area contributed by atoms with Crippen LogP contribution in [-0.2, 0) is 4.74 Å². The lowest BCUT2D eigenvalue weighted by molar-refractivity contribution is 0.0113. The highest BCUT2D eigenvalue weighted by atomic mass is 79.9. The minimum Gasteiger partial charge on any atom is -0.444 e. The molecule has 110 valence electrons. The predicted octanol–water partition coefficient (Wildman–Crippen LogP) is 2.73. The Labute approximate surface area is 127 Å². The summed E-state index contributed by atoms with van der Waals surface area (Å²) in [5, 5.41) is 3.29. The molecule has 0 radical (unpaired) electrons. The predicted molar refractivity (Wildman–Crippen MR) is 80.5 cm³/mol. The zero-order chi connectivity index (χ0) is 14.8. The maximum atomic E-state index is 12.3. The first-order valence-corrected chi connectivity index (χ1v) is 7.48. The Morgan fingerprint density at radius 1 is 1.50 bits per heavy atom. The van der Waals surface area contributed by atoms with Crippen LogP contribution in [-0.4, -0.2) is 41.2 Å². The molecule has 0 saturated carbocycles. The zero-order valence-electron chi connectivity index (χ0n) is 12.0. The Bertz CT molecular complexity index is 470. The molecular weight excluding hydrogens is 322 g/mol. The summed E-state index contributed by atoms with van der Waals surface area (Å²) < 4.78 is 6.40. The lowest BCUT2D eigenvalue weighted by Gasteiger charge is -2.36. The molecule has 1 N–H and O–H groups in total. The number of piperazine rings is 1. The molecule has 1 atom stereocenters. The van der Waals surface area contributed by atoms with Crippen molar-refractivity contribution in [1.82, 2.24) is 15.2 Å². The first kappa shape index (κ1) is 15.3. The van der Waals surface area contributed by atoms with Gasteiger partial charge in [0.05, 0.1) is 11.7 Å². The number of carbonyl (C=O) groups excluding carboxylic acids is 1. The molecule has 2 rings (SSSR count). The van der Waals surface area contributed by atoms with Crippen LogP contribution in [0.2, 0.25) is 0 Å². The summed E-state index contributed by atoms with van der Waals surface area (Å²) in [5.41, 5.74) is 0.380. The highest BCUT2D eigenvalue weighted by Crippen LogP contribution is 2.24. The molecule has 1 saturated heterocycles. The molecule has 1 fully saturated rings. The second-order valence-corrected chi connectivity index (χ2v) is 6.71. The lowest BCUT2D eigenvalue weighted by atomic mass is 10.1. The summed E-state index contributed by atoms with van der Waals surface area (Å²) >= 11 is 3.37. The van der Waals surface area contributed by atoms with Crippen molar-refractivity contribution in [3.63, 3.8) is 0 Å². The molecule has 2 heterocycles. The maximum Gasteiger partial charge on any atom is 0.410 e. The fourth-order valence-corrected chi connectivity index (χ4v) is 2.33. The van der Waals surface area contributed by atoms with Gasteiger partial charge in [-0.2, -0.15) is 0 Å². The number of hydrogen-bond donors (Lipinski definition) is 1. The number of rotatable bonds is 1. The summed E-state index contributed by atoms with van der Waals surface area (Å²) in [6.45, 7) is 7.71. The van der Waals surface area contributed by atoms with Crippen molar-refractivity contribution in [2.24, 2.45) is 0 Å². The Kier molecular flexibility index (Phi) is 4.65. The number of hydrogen-bond acceptors (Lipinski definition) is 4. The van der Waals surface area contributed by atoms with Gasteiger partial charge in [-0.1, -0.05) is 0 Å². The molecule has 1 unspecified atom stereocenters. The quantitative estimate of drug-likeness (QED) is 0.853. The number of carbonyl (C=O) groups is 1. The van der Waals surface area contributed by atoms with E-state index in [1.54, 1.807) is 11.1 Å². The average Bonchev–Trinajstić information content (AvgIpc) is 2.38. The number of pyridine rings is 1. The SMILES string of the molecule is CC(C)(C)OC(=O)N1CCNCC1c1ccc(Br)cn1. The van der Waals surface area contributed by atoms with E-state index in [2.05, 4.69) is 26.2 Å². The first-order valence-electron chi connectivity index (χ1n) is 6.68. The monoisotopic (exact) mass is 341 g/mol. The summed E-state index contributed by atoms with van der Waals surface area (Å²) in [4.78, 5) is 18.4. The van der Waals surface area contributed by atoms with E-state index >= 15 is 0 Å². The van der Waals surface area contributed by atoms with Crippen LogP contribution in [0, 0.1) is 0 Å². The molecule has 1 aliphatic heterocycles. The smallest absolute Gasteiger partial charge is 0.410 e. The number of halogens is 1. The van der Waals surface area contributed by atoms with Crippen LogP contribution in [0.3, 0.4) is 0 Å². The molecule has 5 nitrogen and oxygen atoms in total. The molecule has 0 bridgehead atoms. The number of aromatic nitrogens is 1. The summed E-state index contributed by atoms with van der Waals surface area (Å²) in [5.74, 6) is 0. The van der Waals surface area contributed by atoms with E-state index in [9.17, 15) is 4.79 Å². The van der Waals surface area contributed by atoms with Crippen molar-refractivity contribution in [2.75, 3.05) is 19.6 Å². The molecule has 1 aromatic rings. The van der Waals surface area contributed by atoms with E-state index in [0.29, 0.717) is 13.1 Å². The van der Waals surface area contributed by atoms with Gasteiger partial charge in [0.15, 0.2) is 0 Å². The Hall–Kier alpha value is -1.14. The third-order valence-electron chi connectivity index (χ3n) is 2.96. The van der Waals surface area contributed by atoms with Crippen LogP contribution in [0.4, 0.5) is 4.79 Å². The highest BCUT2D eigenvalue weighted by Gasteiger charge is 2.31. The van der Waals surface area contributed by atoms with Crippen molar-refractivity contribution in [1.29, 1.82) is 0 Å². The number of ether oxygens (including phenoxy) is 1.